The summed E-state index contributed by atoms with van der Waals surface area (Å²) >= 11 is 0. The van der Waals surface area contributed by atoms with Crippen molar-refractivity contribution >= 4 is 33.3 Å². The molecule has 0 radical (unpaired) electrons. The van der Waals surface area contributed by atoms with Gasteiger partial charge in [-0.2, -0.15) is 4.31 Å². The number of nitrogens with zero attached hydrogens (tertiary/aromatic N) is 3. The lowest BCUT2D eigenvalue weighted by Crippen LogP contribution is -2.53. The van der Waals surface area contributed by atoms with Gasteiger partial charge in [0.25, 0.3) is 5.91 Å². The van der Waals surface area contributed by atoms with E-state index >= 15 is 0 Å². The Morgan fingerprint density at radius 2 is 1.68 bits per heavy atom. The van der Waals surface area contributed by atoms with Crippen LogP contribution in [0.4, 0.5) is 5.69 Å². The summed E-state index contributed by atoms with van der Waals surface area (Å²) in [5.41, 5.74) is 1.45. The van der Waals surface area contributed by atoms with Gasteiger partial charge in [0.05, 0.1) is 30.7 Å². The van der Waals surface area contributed by atoms with Crippen LogP contribution in [0, 0.1) is 5.92 Å². The third-order valence-electron chi connectivity index (χ3n) is 7.83. The first kappa shape index (κ1) is 28.3. The Morgan fingerprint density at radius 3 is 2.33 bits per heavy atom. The molecular weight excluding hydrogens is 532 g/mol. The van der Waals surface area contributed by atoms with Gasteiger partial charge >= 0.3 is 0 Å². The van der Waals surface area contributed by atoms with Crippen molar-refractivity contribution < 1.29 is 27.5 Å². The quantitative estimate of drug-likeness (QED) is 0.517. The van der Waals surface area contributed by atoms with Crippen LogP contribution in [-0.2, 0) is 24.3 Å². The highest BCUT2D eigenvalue weighted by molar-refractivity contribution is 7.89. The molecule has 10 nitrogen and oxygen atoms in total. The van der Waals surface area contributed by atoms with E-state index in [-0.39, 0.29) is 41.5 Å². The second-order valence-corrected chi connectivity index (χ2v) is 12.9. The number of nitrogens with one attached hydrogen (secondary N) is 1. The second kappa shape index (κ2) is 11.7. The van der Waals surface area contributed by atoms with Crippen LogP contribution in [0.25, 0.3) is 0 Å². The lowest BCUT2D eigenvalue weighted by atomic mass is 10.0. The zero-order valence-corrected chi connectivity index (χ0v) is 23.7. The maximum Gasteiger partial charge on any atom is 0.251 e. The third kappa shape index (κ3) is 5.63. The summed E-state index contributed by atoms with van der Waals surface area (Å²) < 4.78 is 33.3. The molecule has 3 atom stereocenters. The summed E-state index contributed by atoms with van der Waals surface area (Å²) in [6, 6.07) is 13.0. The number of Topliss-reactive ketones (excluding diaryl/α,β-unsaturated/α-hetero) is 1. The van der Waals surface area contributed by atoms with Crippen LogP contribution in [0.1, 0.15) is 37.0 Å². The molecule has 0 spiro atoms. The van der Waals surface area contributed by atoms with Crippen LogP contribution in [0.5, 0.6) is 0 Å². The first-order chi connectivity index (χ1) is 19.2. The maximum absolute atomic E-state index is 13.8. The standard InChI is InChI=1S/C29H36N4O6S/c1-20(2)18-24(30-28(35)21-8-10-22(11-9-21)31-14-16-39-17-15-31)29(36)32-13-12-25-27(32)26(34)19-33(25)40(37,38)23-6-4-3-5-7-23/h3-11,20,24-25,27H,12-19H2,1-2H3,(H,30,35)/t24-,25?,27-/m0/s1. The average molecular weight is 569 g/mol. The minimum absolute atomic E-state index is 0.102. The van der Waals surface area contributed by atoms with E-state index in [2.05, 4.69) is 10.2 Å². The van der Waals surface area contributed by atoms with Crippen molar-refractivity contribution in [3.8, 4) is 0 Å². The molecule has 1 N–H and O–H groups in total. The predicted molar refractivity (Wildman–Crippen MR) is 149 cm³/mol. The van der Waals surface area contributed by atoms with Gasteiger partial charge in [0.15, 0.2) is 5.78 Å². The lowest BCUT2D eigenvalue weighted by Gasteiger charge is -2.29. The zero-order chi connectivity index (χ0) is 28.4. The van der Waals surface area contributed by atoms with Gasteiger partial charge in [0, 0.05) is 30.9 Å². The molecule has 0 aliphatic carbocycles. The number of fused-ring (bicyclic) bond motifs is 1. The van der Waals surface area contributed by atoms with Crippen molar-refractivity contribution in [3.05, 3.63) is 60.2 Å². The van der Waals surface area contributed by atoms with Gasteiger partial charge in [0.1, 0.15) is 12.1 Å². The SMILES string of the molecule is CC(C)C[C@H](NC(=O)c1ccc(N2CCOCC2)cc1)C(=O)N1CCC2[C@H]1C(=O)CN2S(=O)(=O)c1ccccc1. The minimum atomic E-state index is -3.89. The third-order valence-corrected chi connectivity index (χ3v) is 9.71. The lowest BCUT2D eigenvalue weighted by molar-refractivity contribution is -0.138. The van der Waals surface area contributed by atoms with Crippen molar-refractivity contribution in [1.29, 1.82) is 0 Å². The van der Waals surface area contributed by atoms with Crippen LogP contribution in [0.2, 0.25) is 0 Å². The molecule has 11 heteroatoms. The Hall–Kier alpha value is -3.28. The molecule has 40 heavy (non-hydrogen) atoms. The Bertz CT molecular complexity index is 1340. The van der Waals surface area contributed by atoms with Gasteiger partial charge in [-0.05, 0) is 55.2 Å². The summed E-state index contributed by atoms with van der Waals surface area (Å²) in [6.45, 7) is 6.81. The number of carbonyl (C=O) groups is 3. The molecule has 3 heterocycles. The summed E-state index contributed by atoms with van der Waals surface area (Å²) in [7, 11) is -3.89. The zero-order valence-electron chi connectivity index (χ0n) is 22.9. The molecule has 2 amide bonds. The van der Waals surface area contributed by atoms with Gasteiger partial charge < -0.3 is 19.9 Å². The summed E-state index contributed by atoms with van der Waals surface area (Å²) in [4.78, 5) is 43.9. The highest BCUT2D eigenvalue weighted by Crippen LogP contribution is 2.34. The van der Waals surface area contributed by atoms with E-state index in [1.807, 2.05) is 26.0 Å². The molecular formula is C29H36N4O6S. The molecule has 0 bridgehead atoms. The molecule has 3 fully saturated rings. The highest BCUT2D eigenvalue weighted by Gasteiger charge is 2.54. The normalized spacial score (nSPS) is 22.4. The fourth-order valence-corrected chi connectivity index (χ4v) is 7.49. The number of hydrogen-bond acceptors (Lipinski definition) is 7. The van der Waals surface area contributed by atoms with E-state index in [0.717, 1.165) is 18.8 Å². The molecule has 2 aromatic rings. The average Bonchev–Trinajstić information content (AvgIpc) is 3.54. The van der Waals surface area contributed by atoms with Crippen molar-refractivity contribution in [2.45, 2.75) is 49.7 Å². The Labute approximate surface area is 235 Å². The number of likely N-dealkylation sites (tertiary alicyclic amines) is 1. The Kier molecular flexibility index (Phi) is 8.25. The number of ether oxygens (including phenoxy) is 1. The van der Waals surface area contributed by atoms with E-state index in [1.54, 1.807) is 30.3 Å². The minimum Gasteiger partial charge on any atom is -0.378 e. The maximum atomic E-state index is 13.8. The predicted octanol–water partition coefficient (Wildman–Crippen LogP) is 1.91. The van der Waals surface area contributed by atoms with E-state index in [1.165, 1.54) is 21.3 Å². The second-order valence-electron chi connectivity index (χ2n) is 11.0. The topological polar surface area (TPSA) is 116 Å². The number of amides is 2. The monoisotopic (exact) mass is 568 g/mol. The van der Waals surface area contributed by atoms with Gasteiger partial charge in [0.2, 0.25) is 15.9 Å². The number of ketones is 1. The van der Waals surface area contributed by atoms with Gasteiger partial charge in [-0.15, -0.1) is 0 Å². The molecule has 3 aliphatic heterocycles. The van der Waals surface area contributed by atoms with Crippen molar-refractivity contribution in [3.63, 3.8) is 0 Å². The van der Waals surface area contributed by atoms with Gasteiger partial charge in [-0.25, -0.2) is 8.42 Å². The van der Waals surface area contributed by atoms with E-state index in [4.69, 9.17) is 4.74 Å². The van der Waals surface area contributed by atoms with Crippen LogP contribution in [0.15, 0.2) is 59.5 Å². The number of carbonyl (C=O) groups excluding carboxylic acids is 3. The number of morpholine rings is 1. The first-order valence-electron chi connectivity index (χ1n) is 13.8. The summed E-state index contributed by atoms with van der Waals surface area (Å²) in [6.07, 6.45) is 0.754. The number of sulfonamides is 1. The molecule has 214 valence electrons. The van der Waals surface area contributed by atoms with Gasteiger partial charge in [-0.1, -0.05) is 32.0 Å². The number of anilines is 1. The van der Waals surface area contributed by atoms with E-state index < -0.39 is 28.1 Å². The van der Waals surface area contributed by atoms with E-state index in [9.17, 15) is 22.8 Å². The van der Waals surface area contributed by atoms with Crippen LogP contribution < -0.4 is 10.2 Å². The number of hydrogen-bond donors (Lipinski definition) is 1. The van der Waals surface area contributed by atoms with Crippen LogP contribution in [-0.4, -0.2) is 92.7 Å². The Morgan fingerprint density at radius 1 is 1.00 bits per heavy atom. The van der Waals surface area contributed by atoms with Gasteiger partial charge in [-0.3, -0.25) is 14.4 Å². The van der Waals surface area contributed by atoms with Crippen LogP contribution in [0.3, 0.4) is 0 Å². The van der Waals surface area contributed by atoms with Crippen LogP contribution >= 0.6 is 0 Å². The summed E-state index contributed by atoms with van der Waals surface area (Å²) in [5, 5.41) is 2.90. The fraction of sp³-hybridized carbons (Fsp3) is 0.483. The molecule has 3 aliphatic rings. The largest absolute Gasteiger partial charge is 0.378 e. The fourth-order valence-electron chi connectivity index (χ4n) is 5.85. The molecule has 3 saturated heterocycles. The van der Waals surface area contributed by atoms with Crippen molar-refractivity contribution in [2.24, 2.45) is 5.92 Å². The molecule has 2 aromatic carbocycles. The molecule has 0 aromatic heterocycles. The Balaban J connectivity index is 1.30. The smallest absolute Gasteiger partial charge is 0.251 e. The van der Waals surface area contributed by atoms with Crippen molar-refractivity contribution in [2.75, 3.05) is 44.3 Å². The first-order valence-corrected chi connectivity index (χ1v) is 15.2. The number of benzene rings is 2. The van der Waals surface area contributed by atoms with E-state index in [0.29, 0.717) is 31.6 Å². The van der Waals surface area contributed by atoms with Crippen molar-refractivity contribution in [1.82, 2.24) is 14.5 Å². The molecule has 1 unspecified atom stereocenters. The summed E-state index contributed by atoms with van der Waals surface area (Å²) in [5.74, 6) is -0.921. The highest BCUT2D eigenvalue weighted by atomic mass is 32.2. The molecule has 0 saturated carbocycles. The number of rotatable bonds is 8. The molecule has 5 rings (SSSR count).